The molecule has 1 heterocycles. The molecular formula is C32H47N3OS. The fraction of sp³-hybridized carbons (Fsp3) is 0.562. The third kappa shape index (κ3) is 10.6. The Morgan fingerprint density at radius 1 is 0.730 bits per heavy atom. The minimum Gasteiger partial charge on any atom is -0.346 e. The molecule has 0 aliphatic carbocycles. The van der Waals surface area contributed by atoms with Crippen LogP contribution in [0.1, 0.15) is 101 Å². The second-order valence-electron chi connectivity index (χ2n) is 10.4. The molecule has 0 bridgehead atoms. The monoisotopic (exact) mass is 521 g/mol. The van der Waals surface area contributed by atoms with E-state index >= 15 is 0 Å². The average Bonchev–Trinajstić information content (AvgIpc) is 2.93. The lowest BCUT2D eigenvalue weighted by Gasteiger charge is -2.40. The molecule has 1 aliphatic rings. The van der Waals surface area contributed by atoms with Gasteiger partial charge in [-0.25, -0.2) is 0 Å². The van der Waals surface area contributed by atoms with Crippen LogP contribution in [0.3, 0.4) is 0 Å². The maximum absolute atomic E-state index is 12.5. The van der Waals surface area contributed by atoms with Gasteiger partial charge in [-0.1, -0.05) is 132 Å². The summed E-state index contributed by atoms with van der Waals surface area (Å²) in [4.78, 5) is 17.1. The smallest absolute Gasteiger partial charge is 0.226 e. The predicted molar refractivity (Wildman–Crippen MR) is 160 cm³/mol. The fourth-order valence-electron chi connectivity index (χ4n) is 5.28. The first-order valence-electron chi connectivity index (χ1n) is 14.6. The highest BCUT2D eigenvalue weighted by Gasteiger charge is 2.27. The molecule has 1 fully saturated rings. The Kier molecular flexibility index (Phi) is 13.7. The molecule has 2 aromatic rings. The number of nitrogens with one attached hydrogen (secondary N) is 1. The van der Waals surface area contributed by atoms with Gasteiger partial charge in [-0.05, 0) is 29.8 Å². The van der Waals surface area contributed by atoms with Crippen LogP contribution in [0.2, 0.25) is 0 Å². The number of amides is 1. The molecule has 3 rings (SSSR count). The van der Waals surface area contributed by atoms with Gasteiger partial charge >= 0.3 is 0 Å². The van der Waals surface area contributed by atoms with Gasteiger partial charge in [0.05, 0.1) is 6.04 Å². The highest BCUT2D eigenvalue weighted by atomic mass is 32.1. The Balaban J connectivity index is 1.33. The molecule has 0 saturated carbocycles. The van der Waals surface area contributed by atoms with E-state index in [9.17, 15) is 4.79 Å². The summed E-state index contributed by atoms with van der Waals surface area (Å²) in [6.07, 6.45) is 14.8. The molecule has 0 aromatic heterocycles. The van der Waals surface area contributed by atoms with E-state index in [4.69, 9.17) is 12.2 Å². The third-order valence-electron chi connectivity index (χ3n) is 7.45. The van der Waals surface area contributed by atoms with E-state index in [1.54, 1.807) is 0 Å². The van der Waals surface area contributed by atoms with Gasteiger partial charge in [0, 0.05) is 32.6 Å². The number of carbonyl (C=O) groups is 1. The lowest BCUT2D eigenvalue weighted by Crippen LogP contribution is -2.53. The number of nitrogens with zero attached hydrogens (tertiary/aromatic N) is 2. The van der Waals surface area contributed by atoms with Gasteiger partial charge in [-0.2, -0.15) is 0 Å². The lowest BCUT2D eigenvalue weighted by molar-refractivity contribution is -0.119. The SMILES string of the molecule is CCCCCCCCCCCCCC(=O)NC(=S)N1CCN(C(c2ccccc2)c2ccccc2)CC1. The molecule has 2 aromatic carbocycles. The Labute approximate surface area is 230 Å². The summed E-state index contributed by atoms with van der Waals surface area (Å²) in [6.45, 7) is 5.73. The van der Waals surface area contributed by atoms with Crippen LogP contribution in [-0.2, 0) is 4.79 Å². The highest BCUT2D eigenvalue weighted by Crippen LogP contribution is 2.29. The molecule has 202 valence electrons. The first kappa shape index (κ1) is 29.3. The average molecular weight is 522 g/mol. The summed E-state index contributed by atoms with van der Waals surface area (Å²) in [7, 11) is 0. The number of hydrogen-bond acceptors (Lipinski definition) is 3. The number of thiocarbonyl (C=S) groups is 1. The van der Waals surface area contributed by atoms with Crippen molar-refractivity contribution in [1.29, 1.82) is 0 Å². The Morgan fingerprint density at radius 3 is 1.68 bits per heavy atom. The summed E-state index contributed by atoms with van der Waals surface area (Å²) in [6, 6.07) is 21.7. The van der Waals surface area contributed by atoms with E-state index in [0.717, 1.165) is 39.0 Å². The number of rotatable bonds is 15. The molecule has 0 radical (unpaired) electrons. The predicted octanol–water partition coefficient (Wildman–Crippen LogP) is 7.50. The van der Waals surface area contributed by atoms with E-state index in [1.807, 2.05) is 0 Å². The van der Waals surface area contributed by atoms with Crippen molar-refractivity contribution >= 4 is 23.2 Å². The van der Waals surface area contributed by atoms with E-state index in [-0.39, 0.29) is 11.9 Å². The summed E-state index contributed by atoms with van der Waals surface area (Å²) < 4.78 is 0. The van der Waals surface area contributed by atoms with E-state index in [1.165, 1.54) is 68.9 Å². The zero-order chi connectivity index (χ0) is 26.1. The van der Waals surface area contributed by atoms with Gasteiger partial charge in [0.2, 0.25) is 5.91 Å². The van der Waals surface area contributed by atoms with Gasteiger partial charge in [0.25, 0.3) is 0 Å². The molecule has 0 unspecified atom stereocenters. The second-order valence-corrected chi connectivity index (χ2v) is 10.8. The summed E-state index contributed by atoms with van der Waals surface area (Å²) in [5, 5.41) is 3.58. The molecule has 1 aliphatic heterocycles. The lowest BCUT2D eigenvalue weighted by atomic mass is 9.96. The molecule has 0 spiro atoms. The van der Waals surface area contributed by atoms with Crippen LogP contribution in [0.4, 0.5) is 0 Å². The number of carbonyl (C=O) groups excluding carboxylic acids is 1. The van der Waals surface area contributed by atoms with Crippen LogP contribution >= 0.6 is 12.2 Å². The zero-order valence-corrected chi connectivity index (χ0v) is 23.7. The summed E-state index contributed by atoms with van der Waals surface area (Å²) in [5.74, 6) is 0.0646. The van der Waals surface area contributed by atoms with Gasteiger partial charge in [0.1, 0.15) is 0 Å². The topological polar surface area (TPSA) is 35.6 Å². The standard InChI is InChI=1S/C32H47N3OS/c1-2-3-4-5-6-7-8-9-10-11-18-23-30(36)33-32(37)35-26-24-34(25-27-35)31(28-19-14-12-15-20-28)29-21-16-13-17-22-29/h12-17,19-22,31H,2-11,18,23-27H2,1H3,(H,33,36,37). The van der Waals surface area contributed by atoms with E-state index < -0.39 is 0 Å². The molecule has 1 amide bonds. The summed E-state index contributed by atoms with van der Waals surface area (Å²) >= 11 is 5.60. The number of unbranched alkanes of at least 4 members (excludes halogenated alkanes) is 10. The molecule has 1 N–H and O–H groups in total. The largest absolute Gasteiger partial charge is 0.346 e. The van der Waals surface area contributed by atoms with Gasteiger partial charge in [0.15, 0.2) is 5.11 Å². The molecule has 37 heavy (non-hydrogen) atoms. The van der Waals surface area contributed by atoms with Crippen LogP contribution in [0.15, 0.2) is 60.7 Å². The van der Waals surface area contributed by atoms with Crippen molar-refractivity contribution in [2.45, 2.75) is 90.0 Å². The van der Waals surface area contributed by atoms with Crippen molar-refractivity contribution in [1.82, 2.24) is 15.1 Å². The quantitative estimate of drug-likeness (QED) is 0.194. The van der Waals surface area contributed by atoms with Gasteiger partial charge in [-0.3, -0.25) is 9.69 Å². The normalized spacial score (nSPS) is 14.2. The van der Waals surface area contributed by atoms with Gasteiger partial charge < -0.3 is 10.2 Å². The zero-order valence-electron chi connectivity index (χ0n) is 22.9. The molecule has 4 nitrogen and oxygen atoms in total. The van der Waals surface area contributed by atoms with Crippen LogP contribution in [0, 0.1) is 0 Å². The van der Waals surface area contributed by atoms with Gasteiger partial charge in [-0.15, -0.1) is 0 Å². The number of piperazine rings is 1. The Hall–Kier alpha value is -2.24. The molecular weight excluding hydrogens is 474 g/mol. The Bertz CT molecular complexity index is 857. The van der Waals surface area contributed by atoms with Crippen LogP contribution < -0.4 is 5.32 Å². The third-order valence-corrected chi connectivity index (χ3v) is 7.81. The maximum Gasteiger partial charge on any atom is 0.226 e. The first-order chi connectivity index (χ1) is 18.2. The fourth-order valence-corrected chi connectivity index (χ4v) is 5.57. The van der Waals surface area contributed by atoms with E-state index in [2.05, 4.69) is 82.7 Å². The van der Waals surface area contributed by atoms with Crippen LogP contribution in [0.5, 0.6) is 0 Å². The van der Waals surface area contributed by atoms with Crippen molar-refractivity contribution in [2.24, 2.45) is 0 Å². The van der Waals surface area contributed by atoms with Crippen LogP contribution in [0.25, 0.3) is 0 Å². The van der Waals surface area contributed by atoms with Crippen molar-refractivity contribution in [3.05, 3.63) is 71.8 Å². The van der Waals surface area contributed by atoms with Crippen LogP contribution in [-0.4, -0.2) is 47.0 Å². The van der Waals surface area contributed by atoms with Crippen molar-refractivity contribution < 1.29 is 4.79 Å². The maximum atomic E-state index is 12.5. The molecule has 0 atom stereocenters. The minimum absolute atomic E-state index is 0.0646. The first-order valence-corrected chi connectivity index (χ1v) is 15.0. The van der Waals surface area contributed by atoms with Crippen molar-refractivity contribution in [2.75, 3.05) is 26.2 Å². The molecule has 5 heteroatoms. The van der Waals surface area contributed by atoms with Crippen molar-refractivity contribution in [3.63, 3.8) is 0 Å². The summed E-state index contributed by atoms with van der Waals surface area (Å²) in [5.41, 5.74) is 2.62. The second kappa shape index (κ2) is 17.3. The minimum atomic E-state index is 0.0646. The number of benzene rings is 2. The highest BCUT2D eigenvalue weighted by molar-refractivity contribution is 7.80. The molecule has 1 saturated heterocycles. The van der Waals surface area contributed by atoms with Crippen molar-refractivity contribution in [3.8, 4) is 0 Å². The van der Waals surface area contributed by atoms with E-state index in [0.29, 0.717) is 11.5 Å². The Morgan fingerprint density at radius 2 is 1.19 bits per heavy atom. The number of hydrogen-bond donors (Lipinski definition) is 1.